The summed E-state index contributed by atoms with van der Waals surface area (Å²) in [6.45, 7) is 3.73. The number of ether oxygens (including phenoxy) is 1. The summed E-state index contributed by atoms with van der Waals surface area (Å²) in [5.41, 5.74) is 5.15. The number of nitrogens with one attached hydrogen (secondary N) is 1. The number of imide groups is 1. The second-order valence-electron chi connectivity index (χ2n) is 9.62. The molecule has 1 aromatic heterocycles. The molecule has 0 saturated carbocycles. The van der Waals surface area contributed by atoms with Crippen molar-refractivity contribution in [3.05, 3.63) is 86.6 Å². The predicted molar refractivity (Wildman–Crippen MR) is 135 cm³/mol. The summed E-state index contributed by atoms with van der Waals surface area (Å²) >= 11 is 1.86. The van der Waals surface area contributed by atoms with Gasteiger partial charge in [0, 0.05) is 42.1 Å². The van der Waals surface area contributed by atoms with Crippen LogP contribution in [0.1, 0.15) is 50.3 Å². The number of rotatable bonds is 6. The number of amides is 3. The summed E-state index contributed by atoms with van der Waals surface area (Å²) in [6, 6.07) is 15.6. The minimum Gasteiger partial charge on any atom is -0.489 e. The second-order valence-corrected chi connectivity index (χ2v) is 10.6. The molecule has 1 N–H and O–H groups in total. The largest absolute Gasteiger partial charge is 0.489 e. The molecule has 6 rings (SSSR count). The van der Waals surface area contributed by atoms with E-state index >= 15 is 0 Å². The molecule has 1 unspecified atom stereocenters. The summed E-state index contributed by atoms with van der Waals surface area (Å²) in [7, 11) is 0. The fourth-order valence-corrected chi connectivity index (χ4v) is 6.18. The lowest BCUT2D eigenvalue weighted by molar-refractivity contribution is -0.136. The van der Waals surface area contributed by atoms with Gasteiger partial charge in [-0.15, -0.1) is 11.3 Å². The first-order valence-electron chi connectivity index (χ1n) is 12.3. The highest BCUT2D eigenvalue weighted by Gasteiger charge is 2.40. The van der Waals surface area contributed by atoms with Crippen molar-refractivity contribution in [2.75, 3.05) is 6.54 Å². The molecule has 3 aliphatic heterocycles. The van der Waals surface area contributed by atoms with Crippen LogP contribution < -0.4 is 10.1 Å². The number of carbonyl (C=O) groups is 3. The summed E-state index contributed by atoms with van der Waals surface area (Å²) in [5, 5.41) is 4.53. The van der Waals surface area contributed by atoms with E-state index in [1.54, 1.807) is 17.0 Å². The molecule has 36 heavy (non-hydrogen) atoms. The van der Waals surface area contributed by atoms with E-state index in [1.165, 1.54) is 16.0 Å². The van der Waals surface area contributed by atoms with Crippen molar-refractivity contribution in [1.29, 1.82) is 0 Å². The van der Waals surface area contributed by atoms with E-state index < -0.39 is 11.9 Å². The first-order chi connectivity index (χ1) is 17.5. The summed E-state index contributed by atoms with van der Waals surface area (Å²) in [4.78, 5) is 42.4. The van der Waals surface area contributed by atoms with Gasteiger partial charge in [0.25, 0.3) is 5.91 Å². The van der Waals surface area contributed by atoms with Crippen LogP contribution in [0.25, 0.3) is 0 Å². The van der Waals surface area contributed by atoms with Crippen LogP contribution in [0.3, 0.4) is 0 Å². The zero-order valence-electron chi connectivity index (χ0n) is 19.9. The molecule has 7 nitrogen and oxygen atoms in total. The molecule has 4 heterocycles. The Hall–Kier alpha value is -3.49. The van der Waals surface area contributed by atoms with Crippen molar-refractivity contribution in [2.45, 2.75) is 51.5 Å². The second kappa shape index (κ2) is 9.52. The Morgan fingerprint density at radius 2 is 1.81 bits per heavy atom. The number of benzene rings is 2. The number of piperidine rings is 1. The maximum absolute atomic E-state index is 13.0. The first-order valence-corrected chi connectivity index (χ1v) is 13.2. The Labute approximate surface area is 213 Å². The van der Waals surface area contributed by atoms with Gasteiger partial charge in [0.2, 0.25) is 11.8 Å². The molecule has 8 heteroatoms. The number of nitrogens with zero attached hydrogens (tertiary/aromatic N) is 2. The van der Waals surface area contributed by atoms with E-state index in [2.05, 4.69) is 45.9 Å². The minimum absolute atomic E-state index is 0.193. The standard InChI is InChI=1S/C28H27N3O4S/c32-26-9-8-23(27(33)29-26)31-16-22-21(28(31)34)2-1-3-24(22)35-17-19-6-4-18(5-7-19)14-30-12-10-25-20(15-30)11-13-36-25/h1-7,11,13,23H,8-10,12,14-17H2,(H,29,32,33). The maximum Gasteiger partial charge on any atom is 0.255 e. The quantitative estimate of drug-likeness (QED) is 0.522. The molecule has 3 aromatic rings. The van der Waals surface area contributed by atoms with Crippen LogP contribution in [0.15, 0.2) is 53.9 Å². The maximum atomic E-state index is 13.0. The third kappa shape index (κ3) is 4.42. The smallest absolute Gasteiger partial charge is 0.255 e. The zero-order chi connectivity index (χ0) is 24.6. The average Bonchev–Trinajstić information content (AvgIpc) is 3.48. The molecule has 3 amide bonds. The summed E-state index contributed by atoms with van der Waals surface area (Å²) in [5.74, 6) is -0.237. The lowest BCUT2D eigenvalue weighted by Crippen LogP contribution is -2.52. The van der Waals surface area contributed by atoms with Crippen LogP contribution in [0, 0.1) is 0 Å². The Balaban J connectivity index is 1.09. The van der Waals surface area contributed by atoms with E-state index in [1.807, 2.05) is 17.4 Å². The third-order valence-electron chi connectivity index (χ3n) is 7.25. The van der Waals surface area contributed by atoms with Gasteiger partial charge in [-0.2, -0.15) is 0 Å². The van der Waals surface area contributed by atoms with Crippen molar-refractivity contribution in [3.8, 4) is 5.75 Å². The van der Waals surface area contributed by atoms with E-state index in [4.69, 9.17) is 4.74 Å². The van der Waals surface area contributed by atoms with Crippen molar-refractivity contribution < 1.29 is 19.1 Å². The molecule has 0 aliphatic carbocycles. The van der Waals surface area contributed by atoms with Crippen LogP contribution in [-0.4, -0.2) is 40.1 Å². The molecular weight excluding hydrogens is 474 g/mol. The van der Waals surface area contributed by atoms with Crippen LogP contribution in [0.4, 0.5) is 0 Å². The zero-order valence-corrected chi connectivity index (χ0v) is 20.7. The molecule has 1 fully saturated rings. The highest BCUT2D eigenvalue weighted by Crippen LogP contribution is 2.34. The Morgan fingerprint density at radius 3 is 2.64 bits per heavy atom. The molecule has 0 radical (unpaired) electrons. The van der Waals surface area contributed by atoms with Crippen molar-refractivity contribution in [1.82, 2.24) is 15.1 Å². The molecule has 1 atom stereocenters. The van der Waals surface area contributed by atoms with Crippen LogP contribution in [0.2, 0.25) is 0 Å². The summed E-state index contributed by atoms with van der Waals surface area (Å²) in [6.07, 6.45) is 1.71. The number of fused-ring (bicyclic) bond motifs is 2. The predicted octanol–water partition coefficient (Wildman–Crippen LogP) is 3.65. The van der Waals surface area contributed by atoms with Crippen LogP contribution >= 0.6 is 11.3 Å². The van der Waals surface area contributed by atoms with Gasteiger partial charge in [0.15, 0.2) is 0 Å². The Kier molecular flexibility index (Phi) is 6.07. The normalized spacial score (nSPS) is 19.7. The Morgan fingerprint density at radius 1 is 0.972 bits per heavy atom. The molecule has 0 bridgehead atoms. The molecular formula is C28H27N3O4S. The van der Waals surface area contributed by atoms with E-state index in [-0.39, 0.29) is 18.2 Å². The van der Waals surface area contributed by atoms with Crippen molar-refractivity contribution in [3.63, 3.8) is 0 Å². The van der Waals surface area contributed by atoms with Crippen molar-refractivity contribution >= 4 is 29.1 Å². The molecule has 0 spiro atoms. The SMILES string of the molecule is O=C1CCC(N2Cc3c(OCc4ccc(CN5CCc6sccc6C5)cc4)cccc3C2=O)C(=O)N1. The highest BCUT2D eigenvalue weighted by molar-refractivity contribution is 7.10. The lowest BCUT2D eigenvalue weighted by Gasteiger charge is -2.29. The van der Waals surface area contributed by atoms with Gasteiger partial charge < -0.3 is 9.64 Å². The monoisotopic (exact) mass is 501 g/mol. The van der Waals surface area contributed by atoms with E-state index in [0.29, 0.717) is 30.9 Å². The van der Waals surface area contributed by atoms with Gasteiger partial charge in [-0.1, -0.05) is 30.3 Å². The van der Waals surface area contributed by atoms with E-state index in [9.17, 15) is 14.4 Å². The van der Waals surface area contributed by atoms with Gasteiger partial charge in [0.05, 0.1) is 6.54 Å². The van der Waals surface area contributed by atoms with Gasteiger partial charge in [-0.05, 0) is 53.1 Å². The first kappa shape index (κ1) is 22.9. The van der Waals surface area contributed by atoms with Crippen molar-refractivity contribution in [2.24, 2.45) is 0 Å². The third-order valence-corrected chi connectivity index (χ3v) is 8.27. The lowest BCUT2D eigenvalue weighted by atomic mass is 10.0. The number of hydrogen-bond donors (Lipinski definition) is 1. The molecule has 3 aliphatic rings. The summed E-state index contributed by atoms with van der Waals surface area (Å²) < 4.78 is 6.14. The number of hydrogen-bond acceptors (Lipinski definition) is 6. The number of thiophene rings is 1. The molecule has 1 saturated heterocycles. The van der Waals surface area contributed by atoms with Gasteiger partial charge >= 0.3 is 0 Å². The van der Waals surface area contributed by atoms with Crippen LogP contribution in [-0.2, 0) is 42.3 Å². The molecule has 2 aromatic carbocycles. The topological polar surface area (TPSA) is 79.0 Å². The fourth-order valence-electron chi connectivity index (χ4n) is 5.29. The van der Waals surface area contributed by atoms with Gasteiger partial charge in [-0.3, -0.25) is 24.6 Å². The van der Waals surface area contributed by atoms with Crippen LogP contribution in [0.5, 0.6) is 5.75 Å². The van der Waals surface area contributed by atoms with Gasteiger partial charge in [-0.25, -0.2) is 0 Å². The highest BCUT2D eigenvalue weighted by atomic mass is 32.1. The Bertz CT molecular complexity index is 1330. The van der Waals surface area contributed by atoms with E-state index in [0.717, 1.165) is 37.2 Å². The minimum atomic E-state index is -0.630. The number of carbonyl (C=O) groups excluding carboxylic acids is 3. The fraction of sp³-hybridized carbons (Fsp3) is 0.321. The average molecular weight is 502 g/mol. The van der Waals surface area contributed by atoms with Gasteiger partial charge in [0.1, 0.15) is 18.4 Å². The molecule has 184 valence electrons.